The summed E-state index contributed by atoms with van der Waals surface area (Å²) in [7, 11) is -9.91. The van der Waals surface area contributed by atoms with Gasteiger partial charge in [-0.15, -0.1) is 0 Å². The monoisotopic (exact) mass is 1410 g/mol. The SMILES string of the molecule is CCCCCCCCCCCCCCCCCCCCCCC(=O)O[C@H](COC(=O)CCCCCCCCCCCCC(C)C)COP(=O)(O)OC[C@@H](O)COP(=O)(O)OC[C@@H](COC(=O)CCCCCCCCC(C)CC)OC(=O)CCCCCCCCCCCCCCC. The van der Waals surface area contributed by atoms with Gasteiger partial charge >= 0.3 is 39.5 Å². The molecule has 0 aliphatic carbocycles. The fraction of sp³-hybridized carbons (Fsp3) is 0.948. The number of carbonyl (C=O) groups is 4. The molecular formula is C77H150O17P2. The van der Waals surface area contributed by atoms with Crippen LogP contribution in [0, 0.1) is 11.8 Å². The number of aliphatic hydroxyl groups excluding tert-OH is 1. The topological polar surface area (TPSA) is 237 Å². The smallest absolute Gasteiger partial charge is 0.462 e. The molecule has 0 heterocycles. The van der Waals surface area contributed by atoms with Crippen molar-refractivity contribution in [3.8, 4) is 0 Å². The molecule has 0 saturated heterocycles. The van der Waals surface area contributed by atoms with Crippen LogP contribution in [0.4, 0.5) is 0 Å². The maximum atomic E-state index is 13.1. The highest BCUT2D eigenvalue weighted by Crippen LogP contribution is 2.45. The first-order valence-corrected chi connectivity index (χ1v) is 43.0. The van der Waals surface area contributed by atoms with Crippen molar-refractivity contribution in [2.24, 2.45) is 11.8 Å². The molecule has 3 unspecified atom stereocenters. The lowest BCUT2D eigenvalue weighted by Gasteiger charge is -2.21. The number of esters is 4. The molecule has 0 amide bonds. The summed E-state index contributed by atoms with van der Waals surface area (Å²) in [6.07, 6.45) is 56.9. The molecule has 0 spiro atoms. The second-order valence-corrected chi connectivity index (χ2v) is 31.4. The number of hydrogen-bond donors (Lipinski definition) is 3. The summed E-state index contributed by atoms with van der Waals surface area (Å²) in [6, 6.07) is 0. The quantitative estimate of drug-likeness (QED) is 0.0222. The van der Waals surface area contributed by atoms with E-state index in [4.69, 9.17) is 37.0 Å². The fourth-order valence-electron chi connectivity index (χ4n) is 11.8. The first kappa shape index (κ1) is 94.1. The molecule has 3 N–H and O–H groups in total. The van der Waals surface area contributed by atoms with Gasteiger partial charge < -0.3 is 33.8 Å². The molecule has 0 fully saturated rings. The Hall–Kier alpha value is -1.94. The number of hydrogen-bond acceptors (Lipinski definition) is 15. The van der Waals surface area contributed by atoms with Crippen LogP contribution in [0.5, 0.6) is 0 Å². The van der Waals surface area contributed by atoms with Crippen LogP contribution in [0.15, 0.2) is 0 Å². The van der Waals surface area contributed by atoms with Gasteiger partial charge in [-0.25, -0.2) is 9.13 Å². The van der Waals surface area contributed by atoms with Gasteiger partial charge in [0.15, 0.2) is 12.2 Å². The molecule has 96 heavy (non-hydrogen) atoms. The van der Waals surface area contributed by atoms with Gasteiger partial charge in [-0.2, -0.15) is 0 Å². The van der Waals surface area contributed by atoms with E-state index in [1.54, 1.807) is 0 Å². The van der Waals surface area contributed by atoms with Crippen molar-refractivity contribution in [3.05, 3.63) is 0 Å². The number of phosphoric acid groups is 2. The second kappa shape index (κ2) is 68.8. The molecule has 17 nitrogen and oxygen atoms in total. The zero-order chi connectivity index (χ0) is 70.7. The maximum Gasteiger partial charge on any atom is 0.472 e. The van der Waals surface area contributed by atoms with E-state index in [-0.39, 0.29) is 25.7 Å². The Morgan fingerprint density at radius 1 is 0.302 bits per heavy atom. The van der Waals surface area contributed by atoms with E-state index in [1.165, 1.54) is 212 Å². The van der Waals surface area contributed by atoms with Crippen molar-refractivity contribution >= 4 is 39.5 Å². The molecule has 570 valence electrons. The van der Waals surface area contributed by atoms with Crippen LogP contribution in [-0.4, -0.2) is 96.7 Å². The maximum absolute atomic E-state index is 13.1. The first-order chi connectivity index (χ1) is 46.4. The lowest BCUT2D eigenvalue weighted by Crippen LogP contribution is -2.30. The van der Waals surface area contributed by atoms with E-state index in [2.05, 4.69) is 41.5 Å². The summed E-state index contributed by atoms with van der Waals surface area (Å²) in [5.41, 5.74) is 0. The number of phosphoric ester groups is 2. The Morgan fingerprint density at radius 2 is 0.531 bits per heavy atom. The average molecular weight is 1410 g/mol. The third-order valence-corrected chi connectivity index (χ3v) is 20.2. The molecule has 0 radical (unpaired) electrons. The van der Waals surface area contributed by atoms with E-state index in [1.807, 2.05) is 0 Å². The van der Waals surface area contributed by atoms with Gasteiger partial charge in [-0.1, -0.05) is 350 Å². The van der Waals surface area contributed by atoms with Gasteiger partial charge in [-0.05, 0) is 37.5 Å². The number of aliphatic hydroxyl groups is 1. The minimum absolute atomic E-state index is 0.107. The van der Waals surface area contributed by atoms with Crippen molar-refractivity contribution in [2.45, 2.75) is 419 Å². The standard InChI is InChI=1S/C77H150O17P2/c1-7-10-12-14-16-18-20-22-23-24-25-26-27-28-30-32-38-42-50-56-62-76(81)93-72(65-87-74(79)59-53-47-40-36-34-33-35-39-45-51-57-69(4)5)67-91-95(83,84)89-63-71(78)64-90-96(85,86)92-68-73(66-88-75(80)60-54-48-44-43-46-52-58-70(6)9-3)94-77(82)61-55-49-41-37-31-29-21-19-17-15-13-11-8-2/h69-73,78H,7-68H2,1-6H3,(H,83,84)(H,85,86)/t70?,71-,72-,73-/m1/s1. The fourth-order valence-corrected chi connectivity index (χ4v) is 13.4. The zero-order valence-corrected chi connectivity index (χ0v) is 64.5. The van der Waals surface area contributed by atoms with E-state index < -0.39 is 97.5 Å². The summed E-state index contributed by atoms with van der Waals surface area (Å²) >= 11 is 0. The van der Waals surface area contributed by atoms with E-state index in [0.717, 1.165) is 108 Å². The summed E-state index contributed by atoms with van der Waals surface area (Å²) in [6.45, 7) is 9.56. The molecule has 6 atom stereocenters. The molecule has 0 aromatic rings. The molecule has 0 aromatic heterocycles. The lowest BCUT2D eigenvalue weighted by atomic mass is 10.00. The van der Waals surface area contributed by atoms with E-state index >= 15 is 0 Å². The van der Waals surface area contributed by atoms with Gasteiger partial charge in [0.2, 0.25) is 0 Å². The third-order valence-electron chi connectivity index (χ3n) is 18.3. The van der Waals surface area contributed by atoms with Crippen molar-refractivity contribution in [3.63, 3.8) is 0 Å². The van der Waals surface area contributed by atoms with Crippen molar-refractivity contribution in [1.29, 1.82) is 0 Å². The summed E-state index contributed by atoms with van der Waals surface area (Å²) < 4.78 is 68.5. The van der Waals surface area contributed by atoms with Crippen LogP contribution in [0.25, 0.3) is 0 Å². The van der Waals surface area contributed by atoms with Crippen LogP contribution in [0.3, 0.4) is 0 Å². The van der Waals surface area contributed by atoms with Crippen molar-refractivity contribution in [2.75, 3.05) is 39.6 Å². The largest absolute Gasteiger partial charge is 0.472 e. The molecule has 0 aromatic carbocycles. The van der Waals surface area contributed by atoms with Gasteiger partial charge in [0.1, 0.15) is 19.3 Å². The third kappa shape index (κ3) is 69.2. The van der Waals surface area contributed by atoms with Crippen LogP contribution in [-0.2, 0) is 65.4 Å². The zero-order valence-electron chi connectivity index (χ0n) is 62.7. The van der Waals surface area contributed by atoms with E-state index in [0.29, 0.717) is 25.7 Å². The number of unbranched alkanes of at least 4 members (excludes halogenated alkanes) is 45. The van der Waals surface area contributed by atoms with Crippen LogP contribution < -0.4 is 0 Å². The number of ether oxygens (including phenoxy) is 4. The number of carbonyl (C=O) groups excluding carboxylic acids is 4. The van der Waals surface area contributed by atoms with Gasteiger partial charge in [0.25, 0.3) is 0 Å². The molecule has 0 aliphatic rings. The van der Waals surface area contributed by atoms with Crippen LogP contribution >= 0.6 is 15.6 Å². The molecular weight excluding hydrogens is 1260 g/mol. The molecule has 19 heteroatoms. The van der Waals surface area contributed by atoms with Crippen molar-refractivity contribution in [1.82, 2.24) is 0 Å². The Morgan fingerprint density at radius 3 is 0.792 bits per heavy atom. The minimum Gasteiger partial charge on any atom is -0.462 e. The highest BCUT2D eigenvalue weighted by atomic mass is 31.2. The Balaban J connectivity index is 5.22. The molecule has 0 bridgehead atoms. The van der Waals surface area contributed by atoms with Gasteiger partial charge in [-0.3, -0.25) is 37.3 Å². The van der Waals surface area contributed by atoms with Crippen LogP contribution in [0.2, 0.25) is 0 Å². The predicted molar refractivity (Wildman–Crippen MR) is 391 cm³/mol. The summed E-state index contributed by atoms with van der Waals surface area (Å²) in [5.74, 6) is -0.626. The molecule has 0 rings (SSSR count). The van der Waals surface area contributed by atoms with Gasteiger partial charge in [0, 0.05) is 25.7 Å². The molecule has 0 aliphatic heterocycles. The Kier molecular flexibility index (Phi) is 67.4. The first-order valence-electron chi connectivity index (χ1n) is 40.0. The highest BCUT2D eigenvalue weighted by molar-refractivity contribution is 7.47. The Labute approximate surface area is 588 Å². The van der Waals surface area contributed by atoms with E-state index in [9.17, 15) is 43.2 Å². The van der Waals surface area contributed by atoms with Crippen molar-refractivity contribution < 1.29 is 80.2 Å². The predicted octanol–water partition coefficient (Wildman–Crippen LogP) is 22.7. The second-order valence-electron chi connectivity index (χ2n) is 28.5. The van der Waals surface area contributed by atoms with Gasteiger partial charge in [0.05, 0.1) is 26.4 Å². The summed E-state index contributed by atoms with van der Waals surface area (Å²) in [4.78, 5) is 72.8. The van der Waals surface area contributed by atoms with Crippen LogP contribution in [0.1, 0.15) is 401 Å². The number of rotatable bonds is 76. The highest BCUT2D eigenvalue weighted by Gasteiger charge is 2.30. The lowest BCUT2D eigenvalue weighted by molar-refractivity contribution is -0.161. The Bertz CT molecular complexity index is 1860. The normalized spacial score (nSPS) is 14.3. The summed E-state index contributed by atoms with van der Waals surface area (Å²) in [5, 5.41) is 10.6. The average Bonchev–Trinajstić information content (AvgIpc) is 1.22. The molecule has 0 saturated carbocycles. The minimum atomic E-state index is -4.96.